The second kappa shape index (κ2) is 4.02. The quantitative estimate of drug-likeness (QED) is 0.867. The van der Waals surface area contributed by atoms with Crippen LogP contribution in [0.4, 0.5) is 5.95 Å². The van der Waals surface area contributed by atoms with Gasteiger partial charge in [-0.05, 0) is 24.6 Å². The Hall–Kier alpha value is -1.75. The molecule has 0 radical (unpaired) electrons. The molecule has 0 saturated heterocycles. The summed E-state index contributed by atoms with van der Waals surface area (Å²) >= 11 is 6.02. The number of methoxy groups -OCH3 is 1. The Morgan fingerprint density at radius 2 is 2.19 bits per heavy atom. The summed E-state index contributed by atoms with van der Waals surface area (Å²) in [5.41, 5.74) is 7.45. The van der Waals surface area contributed by atoms with Gasteiger partial charge in [0.15, 0.2) is 0 Å². The number of benzene rings is 1. The Bertz CT molecular complexity index is 524. The van der Waals surface area contributed by atoms with Gasteiger partial charge in [0.2, 0.25) is 5.95 Å². The Morgan fingerprint density at radius 1 is 1.44 bits per heavy atom. The molecule has 0 unspecified atom stereocenters. The van der Waals surface area contributed by atoms with Crippen molar-refractivity contribution in [3.8, 4) is 11.7 Å². The predicted molar refractivity (Wildman–Crippen MR) is 62.1 cm³/mol. The first-order valence-corrected chi connectivity index (χ1v) is 5.02. The summed E-state index contributed by atoms with van der Waals surface area (Å²) in [7, 11) is 1.49. The molecule has 16 heavy (non-hydrogen) atoms. The lowest BCUT2D eigenvalue weighted by Crippen LogP contribution is -2.02. The highest BCUT2D eigenvalue weighted by Crippen LogP contribution is 2.21. The van der Waals surface area contributed by atoms with Crippen LogP contribution < -0.4 is 10.5 Å². The van der Waals surface area contributed by atoms with Crippen molar-refractivity contribution in [1.29, 1.82) is 0 Å². The van der Waals surface area contributed by atoms with Gasteiger partial charge >= 0.3 is 6.01 Å². The average Bonchev–Trinajstić information content (AvgIpc) is 2.64. The molecule has 0 aliphatic heterocycles. The van der Waals surface area contributed by atoms with Gasteiger partial charge in [-0.2, -0.15) is 9.67 Å². The summed E-state index contributed by atoms with van der Waals surface area (Å²) in [6, 6.07) is 5.77. The number of hydrogen-bond acceptors (Lipinski definition) is 4. The van der Waals surface area contributed by atoms with Gasteiger partial charge in [0, 0.05) is 5.02 Å². The van der Waals surface area contributed by atoms with Crippen LogP contribution >= 0.6 is 11.6 Å². The van der Waals surface area contributed by atoms with Crippen LogP contribution in [0, 0.1) is 6.92 Å². The summed E-state index contributed by atoms with van der Waals surface area (Å²) in [5.74, 6) is 0.261. The molecule has 1 heterocycles. The summed E-state index contributed by atoms with van der Waals surface area (Å²) < 4.78 is 6.37. The summed E-state index contributed by atoms with van der Waals surface area (Å²) in [5, 5.41) is 4.73. The van der Waals surface area contributed by atoms with Gasteiger partial charge in [-0.25, -0.2) is 0 Å². The lowest BCUT2D eigenvalue weighted by atomic mass is 10.2. The van der Waals surface area contributed by atoms with Gasteiger partial charge in [0.25, 0.3) is 0 Å². The Balaban J connectivity index is 2.49. The van der Waals surface area contributed by atoms with E-state index >= 15 is 0 Å². The third-order valence-electron chi connectivity index (χ3n) is 2.20. The first-order chi connectivity index (χ1) is 7.61. The van der Waals surface area contributed by atoms with E-state index in [1.54, 1.807) is 6.07 Å². The summed E-state index contributed by atoms with van der Waals surface area (Å²) in [6.07, 6.45) is 0. The zero-order valence-electron chi connectivity index (χ0n) is 8.94. The zero-order chi connectivity index (χ0) is 11.7. The highest BCUT2D eigenvalue weighted by Gasteiger charge is 2.09. The van der Waals surface area contributed by atoms with Gasteiger partial charge in [-0.1, -0.05) is 17.7 Å². The molecule has 2 N–H and O–H groups in total. The Kier molecular flexibility index (Phi) is 2.70. The molecule has 0 atom stereocenters. The van der Waals surface area contributed by atoms with E-state index in [0.29, 0.717) is 5.02 Å². The molecule has 1 aromatic carbocycles. The molecule has 2 aromatic rings. The minimum Gasteiger partial charge on any atom is -0.466 e. The van der Waals surface area contributed by atoms with Crippen molar-refractivity contribution in [2.75, 3.05) is 12.8 Å². The first kappa shape index (κ1) is 10.8. The van der Waals surface area contributed by atoms with E-state index < -0.39 is 0 Å². The van der Waals surface area contributed by atoms with Gasteiger partial charge in [-0.3, -0.25) is 0 Å². The predicted octanol–water partition coefficient (Wildman–Crippen LogP) is 1.82. The maximum atomic E-state index is 6.02. The van der Waals surface area contributed by atoms with E-state index in [2.05, 4.69) is 10.1 Å². The van der Waals surface area contributed by atoms with Crippen molar-refractivity contribution in [1.82, 2.24) is 14.8 Å². The van der Waals surface area contributed by atoms with Crippen molar-refractivity contribution < 1.29 is 4.74 Å². The topological polar surface area (TPSA) is 66.0 Å². The number of hydrogen-bond donors (Lipinski definition) is 1. The molecule has 0 fully saturated rings. The number of nitrogens with zero attached hydrogens (tertiary/aromatic N) is 3. The van der Waals surface area contributed by atoms with Crippen molar-refractivity contribution in [3.63, 3.8) is 0 Å². The third kappa shape index (κ3) is 1.81. The number of halogens is 1. The number of aromatic nitrogens is 3. The van der Waals surface area contributed by atoms with Crippen LogP contribution in [-0.4, -0.2) is 21.9 Å². The maximum absolute atomic E-state index is 6.02. The van der Waals surface area contributed by atoms with E-state index in [1.807, 2.05) is 19.1 Å². The van der Waals surface area contributed by atoms with Crippen molar-refractivity contribution in [3.05, 3.63) is 28.8 Å². The molecule has 1 aromatic heterocycles. The second-order valence-electron chi connectivity index (χ2n) is 3.30. The first-order valence-electron chi connectivity index (χ1n) is 4.65. The van der Waals surface area contributed by atoms with Crippen LogP contribution in [0.1, 0.15) is 5.56 Å². The van der Waals surface area contributed by atoms with Crippen molar-refractivity contribution in [2.24, 2.45) is 0 Å². The van der Waals surface area contributed by atoms with Crippen molar-refractivity contribution >= 4 is 17.5 Å². The number of aryl methyl sites for hydroxylation is 1. The van der Waals surface area contributed by atoms with Crippen molar-refractivity contribution in [2.45, 2.75) is 6.92 Å². The minimum atomic E-state index is 0.231. The molecular formula is C10H11ClN4O. The van der Waals surface area contributed by atoms with Gasteiger partial charge < -0.3 is 10.5 Å². The van der Waals surface area contributed by atoms with E-state index in [4.69, 9.17) is 22.1 Å². The largest absolute Gasteiger partial charge is 0.466 e. The average molecular weight is 239 g/mol. The molecule has 0 aliphatic rings. The molecule has 0 spiro atoms. The highest BCUT2D eigenvalue weighted by atomic mass is 35.5. The molecule has 2 rings (SSSR count). The van der Waals surface area contributed by atoms with E-state index in [0.717, 1.165) is 11.3 Å². The van der Waals surface area contributed by atoms with Crippen LogP contribution in [0.5, 0.6) is 6.01 Å². The van der Waals surface area contributed by atoms with E-state index in [1.165, 1.54) is 11.8 Å². The normalized spacial score (nSPS) is 10.4. The molecule has 0 amide bonds. The Labute approximate surface area is 97.8 Å². The molecular weight excluding hydrogens is 228 g/mol. The van der Waals surface area contributed by atoms with Gasteiger partial charge in [0.1, 0.15) is 0 Å². The number of nitrogens with two attached hydrogens (primary N) is 1. The minimum absolute atomic E-state index is 0.231. The maximum Gasteiger partial charge on any atom is 0.337 e. The highest BCUT2D eigenvalue weighted by molar-refractivity contribution is 6.31. The number of nitrogen functional groups attached to an aromatic ring is 1. The molecule has 0 bridgehead atoms. The summed E-state index contributed by atoms with van der Waals surface area (Å²) in [6.45, 7) is 1.93. The molecule has 6 heteroatoms. The van der Waals surface area contributed by atoms with Crippen LogP contribution in [0.25, 0.3) is 5.69 Å². The molecule has 0 saturated carbocycles. The fourth-order valence-electron chi connectivity index (χ4n) is 1.29. The monoisotopic (exact) mass is 238 g/mol. The fraction of sp³-hybridized carbons (Fsp3) is 0.200. The molecule has 84 valence electrons. The number of rotatable bonds is 2. The summed E-state index contributed by atoms with van der Waals surface area (Å²) in [4.78, 5) is 3.92. The van der Waals surface area contributed by atoms with Gasteiger partial charge in [-0.15, -0.1) is 5.10 Å². The Morgan fingerprint density at radius 3 is 2.75 bits per heavy atom. The zero-order valence-corrected chi connectivity index (χ0v) is 9.69. The van der Waals surface area contributed by atoms with E-state index in [9.17, 15) is 0 Å². The molecule has 0 aliphatic carbocycles. The standard InChI is InChI=1S/C10H11ClN4O/c1-6-3-4-7(5-8(6)11)15-9(12)13-10(14-15)16-2/h3-5H,1-2H3,(H2,12,13,14). The van der Waals surface area contributed by atoms with Crippen LogP contribution in [-0.2, 0) is 0 Å². The van der Waals surface area contributed by atoms with Crippen LogP contribution in [0.2, 0.25) is 5.02 Å². The number of ether oxygens (including phenoxy) is 1. The smallest absolute Gasteiger partial charge is 0.337 e. The second-order valence-corrected chi connectivity index (χ2v) is 3.71. The lowest BCUT2D eigenvalue weighted by Gasteiger charge is -2.04. The van der Waals surface area contributed by atoms with Crippen LogP contribution in [0.15, 0.2) is 18.2 Å². The van der Waals surface area contributed by atoms with Gasteiger partial charge in [0.05, 0.1) is 12.8 Å². The number of anilines is 1. The third-order valence-corrected chi connectivity index (χ3v) is 2.60. The lowest BCUT2D eigenvalue weighted by molar-refractivity contribution is 0.380. The SMILES string of the molecule is COc1nc(N)n(-c2ccc(C)c(Cl)c2)n1. The van der Waals surface area contributed by atoms with E-state index in [-0.39, 0.29) is 12.0 Å². The van der Waals surface area contributed by atoms with Crippen LogP contribution in [0.3, 0.4) is 0 Å². The fourth-order valence-corrected chi connectivity index (χ4v) is 1.47. The molecule has 5 nitrogen and oxygen atoms in total.